The summed E-state index contributed by atoms with van der Waals surface area (Å²) >= 11 is 0. The first-order valence-corrected chi connectivity index (χ1v) is 3.86. The minimum Gasteiger partial charge on any atom is -0.314 e. The number of nitrogens with zero attached hydrogens (tertiary/aromatic N) is 1. The van der Waals surface area contributed by atoms with E-state index in [0.29, 0.717) is 6.54 Å². The van der Waals surface area contributed by atoms with Gasteiger partial charge >= 0.3 is 12.1 Å². The standard InChI is InChI=1S/C6H10N4O2/c1-2-10-4-3(8-6(10)12)7-5(11)9-4/h3-4H,2H2,1H3,(H,8,12)(H2,7,9,11)/t3-,4-/m1/s1. The Labute approximate surface area is 69.3 Å². The van der Waals surface area contributed by atoms with Crippen molar-refractivity contribution in [1.29, 1.82) is 0 Å². The molecule has 0 radical (unpaired) electrons. The fourth-order valence-corrected chi connectivity index (χ4v) is 1.53. The number of fused-ring (bicyclic) bond motifs is 1. The molecule has 6 heteroatoms. The van der Waals surface area contributed by atoms with Crippen molar-refractivity contribution >= 4 is 12.1 Å². The molecule has 2 atom stereocenters. The van der Waals surface area contributed by atoms with E-state index < -0.39 is 0 Å². The van der Waals surface area contributed by atoms with Gasteiger partial charge in [-0.1, -0.05) is 0 Å². The highest BCUT2D eigenvalue weighted by Crippen LogP contribution is 2.12. The summed E-state index contributed by atoms with van der Waals surface area (Å²) in [5.41, 5.74) is 0. The van der Waals surface area contributed by atoms with Gasteiger partial charge in [0.05, 0.1) is 0 Å². The lowest BCUT2D eigenvalue weighted by Gasteiger charge is -2.18. The minimum atomic E-state index is -0.273. The van der Waals surface area contributed by atoms with E-state index in [1.165, 1.54) is 0 Å². The predicted molar refractivity (Wildman–Crippen MR) is 40.2 cm³/mol. The van der Waals surface area contributed by atoms with Gasteiger partial charge in [-0.3, -0.25) is 0 Å². The van der Waals surface area contributed by atoms with E-state index in [1.54, 1.807) is 4.90 Å². The molecule has 0 bridgehead atoms. The van der Waals surface area contributed by atoms with Crippen LogP contribution >= 0.6 is 0 Å². The van der Waals surface area contributed by atoms with Gasteiger partial charge < -0.3 is 20.9 Å². The van der Waals surface area contributed by atoms with Gasteiger partial charge in [0.1, 0.15) is 12.3 Å². The Morgan fingerprint density at radius 1 is 1.33 bits per heavy atom. The second-order valence-corrected chi connectivity index (χ2v) is 2.78. The molecule has 2 saturated heterocycles. The first kappa shape index (κ1) is 7.20. The number of hydrogen-bond acceptors (Lipinski definition) is 2. The maximum atomic E-state index is 11.1. The van der Waals surface area contributed by atoms with Crippen molar-refractivity contribution in [3.05, 3.63) is 0 Å². The lowest BCUT2D eigenvalue weighted by Crippen LogP contribution is -2.43. The number of likely N-dealkylation sites (N-methyl/N-ethyl adjacent to an activating group) is 1. The fraction of sp³-hybridized carbons (Fsp3) is 0.667. The number of rotatable bonds is 1. The molecule has 2 fully saturated rings. The number of nitrogens with one attached hydrogen (secondary N) is 3. The van der Waals surface area contributed by atoms with E-state index in [0.717, 1.165) is 0 Å². The number of carbonyl (C=O) groups excluding carboxylic acids is 2. The van der Waals surface area contributed by atoms with Gasteiger partial charge in [0.25, 0.3) is 0 Å². The second kappa shape index (κ2) is 2.26. The van der Waals surface area contributed by atoms with E-state index in [-0.39, 0.29) is 24.4 Å². The van der Waals surface area contributed by atoms with Crippen molar-refractivity contribution in [1.82, 2.24) is 20.9 Å². The largest absolute Gasteiger partial charge is 0.320 e. The summed E-state index contributed by atoms with van der Waals surface area (Å²) in [6.45, 7) is 2.46. The van der Waals surface area contributed by atoms with Gasteiger partial charge in [0.2, 0.25) is 0 Å². The molecule has 2 aliphatic heterocycles. The molecule has 0 aromatic rings. The number of urea groups is 2. The third-order valence-electron chi connectivity index (χ3n) is 2.10. The molecule has 6 nitrogen and oxygen atoms in total. The van der Waals surface area contributed by atoms with Crippen LogP contribution in [-0.2, 0) is 0 Å². The van der Waals surface area contributed by atoms with E-state index in [2.05, 4.69) is 16.0 Å². The molecule has 0 aromatic carbocycles. The molecule has 2 rings (SSSR count). The summed E-state index contributed by atoms with van der Waals surface area (Å²) in [6, 6.07) is -0.372. The molecule has 4 amide bonds. The zero-order valence-corrected chi connectivity index (χ0v) is 6.63. The van der Waals surface area contributed by atoms with Crippen molar-refractivity contribution < 1.29 is 9.59 Å². The zero-order chi connectivity index (χ0) is 8.72. The number of hydrogen-bond donors (Lipinski definition) is 3. The molecule has 66 valence electrons. The maximum Gasteiger partial charge on any atom is 0.320 e. The molecule has 12 heavy (non-hydrogen) atoms. The van der Waals surface area contributed by atoms with E-state index in [9.17, 15) is 9.59 Å². The summed E-state index contributed by atoms with van der Waals surface area (Å²) in [5.74, 6) is 0. The van der Waals surface area contributed by atoms with E-state index in [1.807, 2.05) is 6.92 Å². The second-order valence-electron chi connectivity index (χ2n) is 2.78. The van der Waals surface area contributed by atoms with Gasteiger partial charge in [-0.15, -0.1) is 0 Å². The average Bonchev–Trinajstić information content (AvgIpc) is 2.43. The van der Waals surface area contributed by atoms with Crippen LogP contribution in [-0.4, -0.2) is 35.8 Å². The molecule has 2 heterocycles. The van der Waals surface area contributed by atoms with Crippen LogP contribution < -0.4 is 16.0 Å². The Hall–Kier alpha value is -1.46. The Morgan fingerprint density at radius 3 is 2.75 bits per heavy atom. The molecule has 0 spiro atoms. The first-order chi connectivity index (χ1) is 5.72. The van der Waals surface area contributed by atoms with Gasteiger partial charge in [-0.2, -0.15) is 0 Å². The van der Waals surface area contributed by atoms with Crippen molar-refractivity contribution in [3.8, 4) is 0 Å². The Morgan fingerprint density at radius 2 is 2.08 bits per heavy atom. The lowest BCUT2D eigenvalue weighted by molar-refractivity contribution is 0.200. The van der Waals surface area contributed by atoms with Gasteiger partial charge in [0, 0.05) is 6.54 Å². The average molecular weight is 170 g/mol. The smallest absolute Gasteiger partial charge is 0.314 e. The van der Waals surface area contributed by atoms with Crippen LogP contribution in [0.3, 0.4) is 0 Å². The lowest BCUT2D eigenvalue weighted by atomic mass is 10.4. The van der Waals surface area contributed by atoms with Crippen LogP contribution in [0.25, 0.3) is 0 Å². The van der Waals surface area contributed by atoms with Gasteiger partial charge in [-0.05, 0) is 6.92 Å². The highest BCUT2D eigenvalue weighted by molar-refractivity contribution is 5.84. The topological polar surface area (TPSA) is 73.5 Å². The molecule has 0 aliphatic carbocycles. The summed E-state index contributed by atoms with van der Waals surface area (Å²) < 4.78 is 0. The SMILES string of the molecule is CCN1C(=O)N[C@H]2NC(=O)N[C@@H]21. The summed E-state index contributed by atoms with van der Waals surface area (Å²) in [4.78, 5) is 23.5. The molecular formula is C6H10N4O2. The summed E-state index contributed by atoms with van der Waals surface area (Å²) in [7, 11) is 0. The zero-order valence-electron chi connectivity index (χ0n) is 6.63. The van der Waals surface area contributed by atoms with Crippen LogP contribution in [0.4, 0.5) is 9.59 Å². The maximum absolute atomic E-state index is 11.1. The van der Waals surface area contributed by atoms with Crippen LogP contribution in [0.5, 0.6) is 0 Å². The molecule has 2 aliphatic rings. The van der Waals surface area contributed by atoms with E-state index in [4.69, 9.17) is 0 Å². The number of carbonyl (C=O) groups is 2. The van der Waals surface area contributed by atoms with Gasteiger partial charge in [-0.25, -0.2) is 9.59 Å². The number of amides is 4. The van der Waals surface area contributed by atoms with Crippen molar-refractivity contribution in [2.24, 2.45) is 0 Å². The summed E-state index contributed by atoms with van der Waals surface area (Å²) in [5, 5.41) is 7.87. The van der Waals surface area contributed by atoms with E-state index >= 15 is 0 Å². The van der Waals surface area contributed by atoms with Gasteiger partial charge in [0.15, 0.2) is 0 Å². The van der Waals surface area contributed by atoms with Crippen molar-refractivity contribution in [2.75, 3.05) is 6.54 Å². The molecule has 3 N–H and O–H groups in total. The molecular weight excluding hydrogens is 160 g/mol. The monoisotopic (exact) mass is 170 g/mol. The Balaban J connectivity index is 2.16. The van der Waals surface area contributed by atoms with Crippen molar-refractivity contribution in [3.63, 3.8) is 0 Å². The van der Waals surface area contributed by atoms with Crippen molar-refractivity contribution in [2.45, 2.75) is 19.3 Å². The minimum absolute atomic E-state index is 0.139. The highest BCUT2D eigenvalue weighted by atomic mass is 16.2. The molecule has 0 saturated carbocycles. The Kier molecular flexibility index (Phi) is 1.36. The Bertz CT molecular complexity index is 242. The highest BCUT2D eigenvalue weighted by Gasteiger charge is 2.44. The third kappa shape index (κ3) is 0.806. The van der Waals surface area contributed by atoms with Crippen LogP contribution in [0.15, 0.2) is 0 Å². The normalized spacial score (nSPS) is 32.6. The predicted octanol–water partition coefficient (Wildman–Crippen LogP) is -1.00. The first-order valence-electron chi connectivity index (χ1n) is 3.86. The quantitative estimate of drug-likeness (QED) is 0.472. The van der Waals surface area contributed by atoms with Crippen LogP contribution in [0.2, 0.25) is 0 Å². The van der Waals surface area contributed by atoms with Crippen LogP contribution in [0.1, 0.15) is 6.92 Å². The fourth-order valence-electron chi connectivity index (χ4n) is 1.53. The third-order valence-corrected chi connectivity index (χ3v) is 2.10. The molecule has 0 unspecified atom stereocenters. The van der Waals surface area contributed by atoms with Crippen LogP contribution in [0, 0.1) is 0 Å². The molecule has 0 aromatic heterocycles. The summed E-state index contributed by atoms with van der Waals surface area (Å²) in [6.07, 6.45) is -0.500.